The maximum absolute atomic E-state index is 12.5. The molecule has 0 aliphatic carbocycles. The second-order valence-electron chi connectivity index (χ2n) is 22.4. The van der Waals surface area contributed by atoms with E-state index in [0.717, 1.165) is 51.4 Å². The van der Waals surface area contributed by atoms with Gasteiger partial charge in [-0.05, 0) is 77.0 Å². The first-order chi connectivity index (χ1) is 36.0. The van der Waals surface area contributed by atoms with Crippen molar-refractivity contribution in [3.05, 3.63) is 36.5 Å². The van der Waals surface area contributed by atoms with Gasteiger partial charge in [0, 0.05) is 12.8 Å². The lowest BCUT2D eigenvalue weighted by Gasteiger charge is -2.22. The molecule has 0 saturated heterocycles. The van der Waals surface area contributed by atoms with Crippen LogP contribution in [0.15, 0.2) is 36.5 Å². The molecule has 0 spiro atoms. The molecule has 0 radical (unpaired) electrons. The van der Waals surface area contributed by atoms with E-state index in [4.69, 9.17) is 4.74 Å². The lowest BCUT2D eigenvalue weighted by molar-refractivity contribution is -0.143. The summed E-state index contributed by atoms with van der Waals surface area (Å²) in [7, 11) is 0. The highest BCUT2D eigenvalue weighted by molar-refractivity contribution is 5.76. The number of allylic oxidation sites excluding steroid dienone is 6. The number of hydrogen-bond donors (Lipinski definition) is 3. The Bertz CT molecular complexity index is 1180. The summed E-state index contributed by atoms with van der Waals surface area (Å²) in [4.78, 5) is 24.5. The number of nitrogens with one attached hydrogen (secondary N) is 1. The summed E-state index contributed by atoms with van der Waals surface area (Å²) in [5.74, 6) is -0.0322. The van der Waals surface area contributed by atoms with Gasteiger partial charge in [0.1, 0.15) is 0 Å². The van der Waals surface area contributed by atoms with Crippen LogP contribution in [0, 0.1) is 0 Å². The number of ether oxygens (including phenoxy) is 1. The molecule has 73 heavy (non-hydrogen) atoms. The smallest absolute Gasteiger partial charge is 0.305 e. The summed E-state index contributed by atoms with van der Waals surface area (Å²) >= 11 is 0. The Kier molecular flexibility index (Phi) is 61.0. The fourth-order valence-electron chi connectivity index (χ4n) is 10.1. The van der Waals surface area contributed by atoms with Gasteiger partial charge in [-0.15, -0.1) is 0 Å². The van der Waals surface area contributed by atoms with Gasteiger partial charge in [0.05, 0.1) is 25.4 Å². The monoisotopic (exact) mass is 1030 g/mol. The number of carbonyl (C=O) groups is 2. The van der Waals surface area contributed by atoms with Gasteiger partial charge in [-0.2, -0.15) is 0 Å². The Morgan fingerprint density at radius 2 is 0.699 bits per heavy atom. The highest BCUT2D eigenvalue weighted by atomic mass is 16.5. The van der Waals surface area contributed by atoms with Crippen LogP contribution in [0.4, 0.5) is 0 Å². The second kappa shape index (κ2) is 62.6. The Hall–Kier alpha value is -1.92. The molecular formula is C67H127NO5. The van der Waals surface area contributed by atoms with E-state index in [9.17, 15) is 19.8 Å². The number of aliphatic hydroxyl groups excluding tert-OH is 2. The van der Waals surface area contributed by atoms with Crippen LogP contribution in [-0.2, 0) is 14.3 Å². The molecule has 0 aliphatic heterocycles. The molecule has 3 N–H and O–H groups in total. The summed E-state index contributed by atoms with van der Waals surface area (Å²) in [5.41, 5.74) is 0. The fraction of sp³-hybridized carbons (Fsp3) is 0.881. The third kappa shape index (κ3) is 59.2. The molecule has 430 valence electrons. The van der Waals surface area contributed by atoms with Crippen molar-refractivity contribution in [2.75, 3.05) is 13.2 Å². The zero-order valence-corrected chi connectivity index (χ0v) is 49.1. The van der Waals surface area contributed by atoms with E-state index in [1.54, 1.807) is 0 Å². The van der Waals surface area contributed by atoms with E-state index in [1.165, 1.54) is 270 Å². The summed E-state index contributed by atoms with van der Waals surface area (Å²) in [6, 6.07) is -0.541. The van der Waals surface area contributed by atoms with E-state index in [-0.39, 0.29) is 18.5 Å². The topological polar surface area (TPSA) is 95.9 Å². The Morgan fingerprint density at radius 1 is 0.384 bits per heavy atom. The van der Waals surface area contributed by atoms with Gasteiger partial charge < -0.3 is 20.3 Å². The molecule has 1 amide bonds. The van der Waals surface area contributed by atoms with Crippen LogP contribution in [0.5, 0.6) is 0 Å². The maximum atomic E-state index is 12.5. The number of aliphatic hydroxyl groups is 2. The SMILES string of the molecule is CCCC/C=C\C/C=C\CCCCCCCC(=O)OCCCCCCCCCCCCCC/C=C\CCCCCCCCCCCCCCC(=O)NC(CO)C(O)CCCCCCCCCCCCCCCC. The third-order valence-corrected chi connectivity index (χ3v) is 15.2. The first-order valence-corrected chi connectivity index (χ1v) is 32.7. The number of rotatable bonds is 61. The average molecular weight is 1030 g/mol. The van der Waals surface area contributed by atoms with Gasteiger partial charge in [-0.3, -0.25) is 9.59 Å². The third-order valence-electron chi connectivity index (χ3n) is 15.2. The molecular weight excluding hydrogens is 899 g/mol. The van der Waals surface area contributed by atoms with Crippen LogP contribution in [-0.4, -0.2) is 47.4 Å². The van der Waals surface area contributed by atoms with Crippen molar-refractivity contribution in [1.82, 2.24) is 5.32 Å². The number of hydrogen-bond acceptors (Lipinski definition) is 5. The van der Waals surface area contributed by atoms with Crippen molar-refractivity contribution in [1.29, 1.82) is 0 Å². The summed E-state index contributed by atoms with van der Waals surface area (Å²) in [6.45, 7) is 4.92. The van der Waals surface area contributed by atoms with Gasteiger partial charge in [0.2, 0.25) is 5.91 Å². The number of unbranched alkanes of at least 4 members (excludes halogenated alkanes) is 44. The van der Waals surface area contributed by atoms with E-state index >= 15 is 0 Å². The van der Waals surface area contributed by atoms with E-state index in [0.29, 0.717) is 25.9 Å². The largest absolute Gasteiger partial charge is 0.466 e. The molecule has 2 atom stereocenters. The lowest BCUT2D eigenvalue weighted by Crippen LogP contribution is -2.45. The summed E-state index contributed by atoms with van der Waals surface area (Å²) in [6.07, 6.45) is 78.9. The Balaban J connectivity index is 3.37. The van der Waals surface area contributed by atoms with Crippen molar-refractivity contribution in [3.8, 4) is 0 Å². The predicted octanol–water partition coefficient (Wildman–Crippen LogP) is 20.8. The average Bonchev–Trinajstić information content (AvgIpc) is 3.39. The van der Waals surface area contributed by atoms with Gasteiger partial charge in [-0.25, -0.2) is 0 Å². The van der Waals surface area contributed by atoms with Crippen molar-refractivity contribution < 1.29 is 24.5 Å². The van der Waals surface area contributed by atoms with Crippen molar-refractivity contribution in [2.45, 2.75) is 366 Å². The highest BCUT2D eigenvalue weighted by Gasteiger charge is 2.20. The molecule has 6 nitrogen and oxygen atoms in total. The van der Waals surface area contributed by atoms with E-state index in [2.05, 4.69) is 55.6 Å². The maximum Gasteiger partial charge on any atom is 0.305 e. The summed E-state index contributed by atoms with van der Waals surface area (Å²) < 4.78 is 5.48. The molecule has 6 heteroatoms. The molecule has 0 fully saturated rings. The van der Waals surface area contributed by atoms with Crippen LogP contribution in [0.1, 0.15) is 354 Å². The zero-order chi connectivity index (χ0) is 52.9. The van der Waals surface area contributed by atoms with Crippen LogP contribution < -0.4 is 5.32 Å². The Labute approximate surface area is 455 Å². The second-order valence-corrected chi connectivity index (χ2v) is 22.4. The minimum absolute atomic E-state index is 0.00125. The number of amides is 1. The van der Waals surface area contributed by atoms with Crippen LogP contribution in [0.25, 0.3) is 0 Å². The van der Waals surface area contributed by atoms with Crippen LogP contribution in [0.3, 0.4) is 0 Å². The number of carbonyl (C=O) groups excluding carboxylic acids is 2. The minimum atomic E-state index is -0.664. The van der Waals surface area contributed by atoms with Crippen LogP contribution in [0.2, 0.25) is 0 Å². The van der Waals surface area contributed by atoms with Crippen LogP contribution >= 0.6 is 0 Å². The van der Waals surface area contributed by atoms with E-state index < -0.39 is 12.1 Å². The normalized spacial score (nSPS) is 12.8. The quantitative estimate of drug-likeness (QED) is 0.0320. The minimum Gasteiger partial charge on any atom is -0.466 e. The number of esters is 1. The molecule has 0 bridgehead atoms. The lowest BCUT2D eigenvalue weighted by atomic mass is 10.0. The van der Waals surface area contributed by atoms with Crippen molar-refractivity contribution in [3.63, 3.8) is 0 Å². The molecule has 0 aromatic heterocycles. The predicted molar refractivity (Wildman–Crippen MR) is 319 cm³/mol. The molecule has 0 aromatic rings. The fourth-order valence-corrected chi connectivity index (χ4v) is 10.1. The van der Waals surface area contributed by atoms with Gasteiger partial charge in [0.15, 0.2) is 0 Å². The first kappa shape index (κ1) is 71.1. The van der Waals surface area contributed by atoms with E-state index in [1.807, 2.05) is 0 Å². The summed E-state index contributed by atoms with van der Waals surface area (Å²) in [5, 5.41) is 23.3. The van der Waals surface area contributed by atoms with Crippen molar-refractivity contribution >= 4 is 11.9 Å². The standard InChI is InChI=1S/C67H127NO5/c1-3-5-7-9-11-13-15-17-35-39-43-47-51-55-59-65(70)64(63-69)68-66(71)60-56-52-48-44-40-36-33-31-29-27-25-23-21-19-20-22-24-26-28-30-32-34-38-42-46-50-54-58-62-73-67(72)61-57-53-49-45-41-37-18-16-14-12-10-8-6-4-2/h10,12,16,18-20,64-65,69-70H,3-9,11,13-15,17,21-63H2,1-2H3,(H,68,71)/b12-10-,18-16-,20-19-. The molecule has 0 aliphatic rings. The van der Waals surface area contributed by atoms with Gasteiger partial charge in [0.25, 0.3) is 0 Å². The zero-order valence-electron chi connectivity index (χ0n) is 49.1. The Morgan fingerprint density at radius 3 is 1.10 bits per heavy atom. The molecule has 0 rings (SSSR count). The molecule has 2 unspecified atom stereocenters. The molecule has 0 aromatic carbocycles. The first-order valence-electron chi connectivity index (χ1n) is 32.7. The van der Waals surface area contributed by atoms with Gasteiger partial charge in [-0.1, -0.05) is 301 Å². The highest BCUT2D eigenvalue weighted by Crippen LogP contribution is 2.18. The molecule has 0 saturated carbocycles. The van der Waals surface area contributed by atoms with Gasteiger partial charge >= 0.3 is 5.97 Å². The van der Waals surface area contributed by atoms with Crippen molar-refractivity contribution in [2.24, 2.45) is 0 Å². The molecule has 0 heterocycles.